The molecule has 1 unspecified atom stereocenters. The Hall–Kier alpha value is -1.09. The van der Waals surface area contributed by atoms with Gasteiger partial charge in [0.05, 0.1) is 6.61 Å². The van der Waals surface area contributed by atoms with Gasteiger partial charge in [0.15, 0.2) is 0 Å². The zero-order valence-electron chi connectivity index (χ0n) is 9.94. The van der Waals surface area contributed by atoms with E-state index in [1.165, 1.54) is 0 Å². The minimum atomic E-state index is 0.0400. The van der Waals surface area contributed by atoms with Crippen molar-refractivity contribution < 1.29 is 5.11 Å². The number of aromatic nitrogens is 1. The molecule has 0 aliphatic carbocycles. The Bertz CT molecular complexity index is 312. The summed E-state index contributed by atoms with van der Waals surface area (Å²) in [5.41, 5.74) is 1.95. The summed E-state index contributed by atoms with van der Waals surface area (Å²) in [6, 6.07) is 2.39. The predicted octanol–water partition coefficient (Wildman–Crippen LogP) is 2.05. The number of pyridine rings is 1. The lowest BCUT2D eigenvalue weighted by Crippen LogP contribution is -2.33. The lowest BCUT2D eigenvalue weighted by Gasteiger charge is -2.31. The van der Waals surface area contributed by atoms with Gasteiger partial charge in [-0.15, -0.1) is 0 Å². The number of anilines is 1. The van der Waals surface area contributed by atoms with E-state index in [-0.39, 0.29) is 6.61 Å². The Kier molecular flexibility index (Phi) is 4.09. The quantitative estimate of drug-likeness (QED) is 0.822. The molecular formula is C12H20N2O. The standard InChI is InChI=1S/C12H20N2O/c1-9(2)10(3)14(4)12-5-6-13-7-11(12)8-15/h5-7,9-10,15H,8H2,1-4H3. The summed E-state index contributed by atoms with van der Waals surface area (Å²) >= 11 is 0. The zero-order chi connectivity index (χ0) is 11.4. The molecule has 0 fully saturated rings. The summed E-state index contributed by atoms with van der Waals surface area (Å²) in [5.74, 6) is 0.578. The van der Waals surface area contributed by atoms with E-state index >= 15 is 0 Å². The van der Waals surface area contributed by atoms with Crippen LogP contribution in [-0.4, -0.2) is 23.2 Å². The lowest BCUT2D eigenvalue weighted by molar-refractivity contribution is 0.281. The van der Waals surface area contributed by atoms with E-state index in [1.807, 2.05) is 6.07 Å². The van der Waals surface area contributed by atoms with Crippen LogP contribution in [0.1, 0.15) is 26.3 Å². The summed E-state index contributed by atoms with van der Waals surface area (Å²) in [5, 5.41) is 9.22. The van der Waals surface area contributed by atoms with Crippen molar-refractivity contribution in [1.82, 2.24) is 4.98 Å². The summed E-state index contributed by atoms with van der Waals surface area (Å²) < 4.78 is 0. The van der Waals surface area contributed by atoms with Crippen LogP contribution in [0.15, 0.2) is 18.5 Å². The molecule has 0 amide bonds. The first-order chi connectivity index (χ1) is 7.07. The van der Waals surface area contributed by atoms with E-state index in [0.717, 1.165) is 11.3 Å². The second kappa shape index (κ2) is 5.12. The molecule has 0 bridgehead atoms. The van der Waals surface area contributed by atoms with Gasteiger partial charge in [0, 0.05) is 36.7 Å². The van der Waals surface area contributed by atoms with Gasteiger partial charge in [-0.2, -0.15) is 0 Å². The minimum absolute atomic E-state index is 0.0400. The first kappa shape index (κ1) is 12.0. The highest BCUT2D eigenvalue weighted by Gasteiger charge is 2.15. The Morgan fingerprint density at radius 3 is 2.60 bits per heavy atom. The molecule has 3 nitrogen and oxygen atoms in total. The van der Waals surface area contributed by atoms with E-state index in [1.54, 1.807) is 12.4 Å². The molecule has 0 aliphatic rings. The second-order valence-electron chi connectivity index (χ2n) is 4.26. The molecule has 0 saturated carbocycles. The molecule has 0 aliphatic heterocycles. The van der Waals surface area contributed by atoms with Gasteiger partial charge in [-0.3, -0.25) is 4.98 Å². The van der Waals surface area contributed by atoms with Crippen LogP contribution < -0.4 is 4.90 Å². The van der Waals surface area contributed by atoms with Crippen molar-refractivity contribution in [3.05, 3.63) is 24.0 Å². The van der Waals surface area contributed by atoms with E-state index in [0.29, 0.717) is 12.0 Å². The van der Waals surface area contributed by atoms with Crippen LogP contribution in [0.4, 0.5) is 5.69 Å². The molecule has 1 aromatic rings. The van der Waals surface area contributed by atoms with Crippen LogP contribution in [0.3, 0.4) is 0 Å². The first-order valence-corrected chi connectivity index (χ1v) is 5.34. The van der Waals surface area contributed by atoms with Gasteiger partial charge >= 0.3 is 0 Å². The Balaban J connectivity index is 2.94. The molecule has 1 aromatic heterocycles. The third-order valence-corrected chi connectivity index (χ3v) is 3.00. The van der Waals surface area contributed by atoms with Gasteiger partial charge in [-0.05, 0) is 18.9 Å². The maximum atomic E-state index is 9.22. The smallest absolute Gasteiger partial charge is 0.0717 e. The van der Waals surface area contributed by atoms with Gasteiger partial charge in [0.2, 0.25) is 0 Å². The van der Waals surface area contributed by atoms with Crippen LogP contribution >= 0.6 is 0 Å². The highest BCUT2D eigenvalue weighted by molar-refractivity contribution is 5.52. The van der Waals surface area contributed by atoms with Crippen LogP contribution in [0.5, 0.6) is 0 Å². The highest BCUT2D eigenvalue weighted by Crippen LogP contribution is 2.22. The first-order valence-electron chi connectivity index (χ1n) is 5.34. The van der Waals surface area contributed by atoms with Crippen LogP contribution in [0, 0.1) is 5.92 Å². The number of hydrogen-bond donors (Lipinski definition) is 1. The average molecular weight is 208 g/mol. The second-order valence-corrected chi connectivity index (χ2v) is 4.26. The summed E-state index contributed by atoms with van der Waals surface area (Å²) in [4.78, 5) is 6.21. The molecule has 1 heterocycles. The van der Waals surface area contributed by atoms with Crippen molar-refractivity contribution in [2.24, 2.45) is 5.92 Å². The molecule has 0 radical (unpaired) electrons. The van der Waals surface area contributed by atoms with Crippen molar-refractivity contribution in [3.8, 4) is 0 Å². The third-order valence-electron chi connectivity index (χ3n) is 3.00. The van der Waals surface area contributed by atoms with Crippen molar-refractivity contribution in [3.63, 3.8) is 0 Å². The Morgan fingerprint density at radius 2 is 2.07 bits per heavy atom. The SMILES string of the molecule is CC(C)C(C)N(C)c1ccncc1CO. The fourth-order valence-corrected chi connectivity index (χ4v) is 1.55. The van der Waals surface area contributed by atoms with Crippen molar-refractivity contribution in [2.75, 3.05) is 11.9 Å². The average Bonchev–Trinajstić information content (AvgIpc) is 2.26. The fraction of sp³-hybridized carbons (Fsp3) is 0.583. The van der Waals surface area contributed by atoms with Crippen LogP contribution in [0.2, 0.25) is 0 Å². The fourth-order valence-electron chi connectivity index (χ4n) is 1.55. The number of aliphatic hydroxyl groups is 1. The molecule has 1 N–H and O–H groups in total. The van der Waals surface area contributed by atoms with E-state index < -0.39 is 0 Å². The minimum Gasteiger partial charge on any atom is -0.392 e. The number of aliphatic hydroxyl groups excluding tert-OH is 1. The normalized spacial score (nSPS) is 12.9. The maximum absolute atomic E-state index is 9.22. The number of rotatable bonds is 4. The summed E-state index contributed by atoms with van der Waals surface area (Å²) in [6.45, 7) is 6.62. The van der Waals surface area contributed by atoms with Gasteiger partial charge in [-0.25, -0.2) is 0 Å². The molecule has 15 heavy (non-hydrogen) atoms. The number of hydrogen-bond acceptors (Lipinski definition) is 3. The number of nitrogens with zero attached hydrogens (tertiary/aromatic N) is 2. The summed E-state index contributed by atoms with van der Waals surface area (Å²) in [7, 11) is 2.05. The third kappa shape index (κ3) is 2.69. The van der Waals surface area contributed by atoms with Crippen LogP contribution in [0.25, 0.3) is 0 Å². The molecule has 1 rings (SSSR count). The molecule has 3 heteroatoms. The monoisotopic (exact) mass is 208 g/mol. The molecule has 1 atom stereocenters. The summed E-state index contributed by atoms with van der Waals surface area (Å²) in [6.07, 6.45) is 3.48. The molecule has 0 aromatic carbocycles. The van der Waals surface area contributed by atoms with E-state index in [9.17, 15) is 5.11 Å². The molecule has 0 spiro atoms. The zero-order valence-corrected chi connectivity index (χ0v) is 9.94. The molecule has 84 valence electrons. The van der Waals surface area contributed by atoms with Gasteiger partial charge in [0.1, 0.15) is 0 Å². The van der Waals surface area contributed by atoms with Crippen LogP contribution in [-0.2, 0) is 6.61 Å². The Labute approximate surface area is 91.8 Å². The van der Waals surface area contributed by atoms with Gasteiger partial charge < -0.3 is 10.0 Å². The van der Waals surface area contributed by atoms with Gasteiger partial charge in [-0.1, -0.05) is 13.8 Å². The lowest BCUT2D eigenvalue weighted by atomic mass is 10.0. The molecular weight excluding hydrogens is 188 g/mol. The predicted molar refractivity (Wildman–Crippen MR) is 62.9 cm³/mol. The van der Waals surface area contributed by atoms with E-state index in [2.05, 4.69) is 37.7 Å². The van der Waals surface area contributed by atoms with Crippen molar-refractivity contribution in [1.29, 1.82) is 0 Å². The maximum Gasteiger partial charge on any atom is 0.0717 e. The largest absolute Gasteiger partial charge is 0.392 e. The Morgan fingerprint density at radius 1 is 1.40 bits per heavy atom. The highest BCUT2D eigenvalue weighted by atomic mass is 16.3. The topological polar surface area (TPSA) is 36.4 Å². The molecule has 0 saturated heterocycles. The van der Waals surface area contributed by atoms with Crippen molar-refractivity contribution >= 4 is 5.69 Å². The van der Waals surface area contributed by atoms with Crippen molar-refractivity contribution in [2.45, 2.75) is 33.4 Å². The van der Waals surface area contributed by atoms with Gasteiger partial charge in [0.25, 0.3) is 0 Å². The van der Waals surface area contributed by atoms with E-state index in [4.69, 9.17) is 0 Å².